The highest BCUT2D eigenvalue weighted by molar-refractivity contribution is 7.12. The Morgan fingerprint density at radius 1 is 0.436 bits per heavy atom. The molecule has 2 saturated heterocycles. The van der Waals surface area contributed by atoms with Gasteiger partial charge >= 0.3 is 17.9 Å². The Hall–Kier alpha value is -11.0. The summed E-state index contributed by atoms with van der Waals surface area (Å²) in [6.07, 6.45) is 15.2. The molecular formula is C118H187ClN16O13S. The van der Waals surface area contributed by atoms with Gasteiger partial charge in [-0.3, -0.25) is 48.4 Å². The van der Waals surface area contributed by atoms with Crippen molar-refractivity contribution in [3.05, 3.63) is 223 Å². The summed E-state index contributed by atoms with van der Waals surface area (Å²) in [5, 5.41) is 29.5. The number of benzene rings is 7. The number of para-hydroxylation sites is 5. The summed E-state index contributed by atoms with van der Waals surface area (Å²) in [6, 6.07) is 45.9. The van der Waals surface area contributed by atoms with Gasteiger partial charge in [0.25, 0.3) is 0 Å². The first-order chi connectivity index (χ1) is 70.3. The summed E-state index contributed by atoms with van der Waals surface area (Å²) >= 11 is 1.27. The Bertz CT molecular complexity index is 5110. The highest BCUT2D eigenvalue weighted by atomic mass is 35.5. The molecule has 6 amide bonds. The average molecular weight is 2110 g/mol. The fraction of sp³-hybridized carbons (Fsp3) is 0.534. The second kappa shape index (κ2) is 77.3. The van der Waals surface area contributed by atoms with Crippen LogP contribution in [0.3, 0.4) is 0 Å². The molecule has 5 unspecified atom stereocenters. The molecular weight excluding hydrogens is 1920 g/mol. The SMILES string of the molecule is CCCCN1CCCCC1C(=O)Nc1c(C)cccc1C.CCCCNc1ccc(C(=O)OCCN(C)C)cc1.CCCN(CC)C(CC)C(=O)Nc1c(C)cccc1C.CCCNC(C)C(=O)Nc1c(C)csc1C(=O)OC.CCCNC(C)C(=O)Nc1ccccc1C.CCN(CC)CC(=O)Nc1c(C)cccc1C.CCN(CC)CCOC(=O)c1ccc(N)cc1.Cc1cccc(C)c1NC(=O)C1CCCCN1C.Cl.O. The van der Waals surface area contributed by atoms with E-state index >= 15 is 0 Å². The number of nitrogen functional groups attached to an aromatic ring is 1. The topological polar surface area (TPSA) is 367 Å². The largest absolute Gasteiger partial charge is 0.465 e. The minimum absolute atomic E-state index is 0. The van der Waals surface area contributed by atoms with Gasteiger partial charge < -0.3 is 83.1 Å². The first-order valence-electron chi connectivity index (χ1n) is 53.4. The fourth-order valence-corrected chi connectivity index (χ4v) is 17.2. The number of nitrogens with one attached hydrogen (secondary N) is 9. The van der Waals surface area contributed by atoms with E-state index in [1.165, 1.54) is 50.6 Å². The summed E-state index contributed by atoms with van der Waals surface area (Å²) < 4.78 is 15.1. The number of ether oxygens (including phenoxy) is 3. The molecule has 1 aromatic heterocycles. The van der Waals surface area contributed by atoms with Crippen molar-refractivity contribution in [3.63, 3.8) is 0 Å². The molecule has 13 N–H and O–H groups in total. The van der Waals surface area contributed by atoms with E-state index in [1.807, 2.05) is 198 Å². The van der Waals surface area contributed by atoms with Gasteiger partial charge in [-0.1, -0.05) is 193 Å². The number of esters is 3. The first-order valence-corrected chi connectivity index (χ1v) is 54.3. The van der Waals surface area contributed by atoms with Crippen molar-refractivity contribution < 1.29 is 62.8 Å². The van der Waals surface area contributed by atoms with E-state index in [4.69, 9.17) is 19.9 Å². The number of nitrogens with two attached hydrogens (primary N) is 1. The van der Waals surface area contributed by atoms with Crippen molar-refractivity contribution in [1.29, 1.82) is 0 Å². The molecule has 7 aromatic carbocycles. The molecule has 0 spiro atoms. The highest BCUT2D eigenvalue weighted by Crippen LogP contribution is 2.31. The van der Waals surface area contributed by atoms with E-state index in [9.17, 15) is 43.2 Å². The van der Waals surface area contributed by atoms with Crippen LogP contribution in [0.4, 0.5) is 45.5 Å². The van der Waals surface area contributed by atoms with Crippen molar-refractivity contribution in [2.24, 2.45) is 0 Å². The van der Waals surface area contributed by atoms with Crippen LogP contribution in [-0.4, -0.2) is 258 Å². The predicted octanol–water partition coefficient (Wildman–Crippen LogP) is 21.4. The Labute approximate surface area is 904 Å². The number of carbonyl (C=O) groups is 9. The maximum Gasteiger partial charge on any atom is 0.350 e. The molecule has 5 atom stereocenters. The highest BCUT2D eigenvalue weighted by Gasteiger charge is 2.31. The number of hydrogen-bond donors (Lipinski definition) is 10. The second-order valence-electron chi connectivity index (χ2n) is 37.8. The number of thiophene rings is 1. The van der Waals surface area contributed by atoms with Crippen LogP contribution >= 0.6 is 23.7 Å². The third kappa shape index (κ3) is 51.1. The molecule has 2 fully saturated rings. The zero-order valence-corrected chi connectivity index (χ0v) is 96.8. The number of hydrogen-bond acceptors (Lipinski definition) is 23. The Morgan fingerprint density at radius 3 is 1.30 bits per heavy atom. The van der Waals surface area contributed by atoms with Crippen molar-refractivity contribution >= 4 is 123 Å². The number of amides is 6. The van der Waals surface area contributed by atoms with E-state index in [0.29, 0.717) is 47.1 Å². The predicted molar refractivity (Wildman–Crippen MR) is 625 cm³/mol. The van der Waals surface area contributed by atoms with Gasteiger partial charge in [0.1, 0.15) is 18.1 Å². The monoisotopic (exact) mass is 2100 g/mol. The lowest BCUT2D eigenvalue weighted by atomic mass is 10.00. The summed E-state index contributed by atoms with van der Waals surface area (Å²) in [5.41, 5.74) is 24.6. The van der Waals surface area contributed by atoms with E-state index in [2.05, 4.69) is 168 Å². The van der Waals surface area contributed by atoms with Crippen LogP contribution in [-0.2, 0) is 43.0 Å². The third-order valence-electron chi connectivity index (χ3n) is 25.6. The number of likely N-dealkylation sites (tertiary alicyclic amines) is 2. The van der Waals surface area contributed by atoms with Crippen LogP contribution in [0.25, 0.3) is 0 Å². The number of piperidine rings is 2. The van der Waals surface area contributed by atoms with Crippen LogP contribution in [0.2, 0.25) is 0 Å². The Kier molecular flexibility index (Phi) is 70.6. The zero-order valence-electron chi connectivity index (χ0n) is 95.2. The number of unbranched alkanes of at least 4 members (excludes halogenated alkanes) is 2. The zero-order chi connectivity index (χ0) is 109. The van der Waals surface area contributed by atoms with Crippen LogP contribution in [0.1, 0.15) is 266 Å². The van der Waals surface area contributed by atoms with Crippen molar-refractivity contribution in [2.75, 3.05) is 183 Å². The maximum absolute atomic E-state index is 12.7. The summed E-state index contributed by atoms with van der Waals surface area (Å²) in [4.78, 5) is 122. The normalized spacial score (nSPS) is 13.5. The van der Waals surface area contributed by atoms with Crippen LogP contribution in [0.15, 0.2) is 151 Å². The number of halogens is 1. The Morgan fingerprint density at radius 2 is 0.866 bits per heavy atom. The molecule has 8 aromatic rings. The number of methoxy groups -OCH3 is 1. The van der Waals surface area contributed by atoms with Crippen LogP contribution in [0.5, 0.6) is 0 Å². The number of carbonyl (C=O) groups excluding carboxylic acids is 9. The average Bonchev–Trinajstić information content (AvgIpc) is 1.77. The molecule has 10 rings (SSSR count). The number of anilines is 8. The van der Waals surface area contributed by atoms with Gasteiger partial charge in [0.05, 0.1) is 60.7 Å². The molecule has 149 heavy (non-hydrogen) atoms. The number of aryl methyl sites for hydroxylation is 10. The molecule has 31 heteroatoms. The first kappa shape index (κ1) is 136. The summed E-state index contributed by atoms with van der Waals surface area (Å²) in [5.74, 6) is -0.645. The minimum atomic E-state index is -0.428. The van der Waals surface area contributed by atoms with Crippen molar-refractivity contribution in [1.82, 2.24) is 40.0 Å². The van der Waals surface area contributed by atoms with Gasteiger partial charge in [-0.25, -0.2) is 14.4 Å². The van der Waals surface area contributed by atoms with E-state index in [0.717, 1.165) is 239 Å². The molecule has 0 radical (unpaired) electrons. The fourth-order valence-electron chi connectivity index (χ4n) is 16.2. The molecule has 2 aliphatic rings. The molecule has 29 nitrogen and oxygen atoms in total. The molecule has 2 aliphatic heterocycles. The quantitative estimate of drug-likeness (QED) is 0.00734. The molecule has 0 bridgehead atoms. The van der Waals surface area contributed by atoms with E-state index < -0.39 is 5.97 Å². The lowest BCUT2D eigenvalue weighted by Crippen LogP contribution is -2.47. The second-order valence-corrected chi connectivity index (χ2v) is 38.7. The third-order valence-corrected chi connectivity index (χ3v) is 26.7. The van der Waals surface area contributed by atoms with Gasteiger partial charge in [-0.2, -0.15) is 0 Å². The van der Waals surface area contributed by atoms with Crippen molar-refractivity contribution in [2.45, 2.75) is 279 Å². The molecule has 0 aliphatic carbocycles. The molecule has 0 saturated carbocycles. The van der Waals surface area contributed by atoms with Gasteiger partial charge in [-0.15, -0.1) is 23.7 Å². The maximum atomic E-state index is 12.7. The van der Waals surface area contributed by atoms with Crippen LogP contribution < -0.4 is 53.6 Å². The van der Waals surface area contributed by atoms with E-state index in [1.54, 1.807) is 43.3 Å². The van der Waals surface area contributed by atoms with Gasteiger partial charge in [0.15, 0.2) is 0 Å². The summed E-state index contributed by atoms with van der Waals surface area (Å²) in [7, 11) is 7.26. The summed E-state index contributed by atoms with van der Waals surface area (Å²) in [6.45, 7) is 61.1. The Balaban J connectivity index is 0.000000851. The lowest BCUT2D eigenvalue weighted by Gasteiger charge is -2.34. The van der Waals surface area contributed by atoms with Crippen molar-refractivity contribution in [3.8, 4) is 0 Å². The van der Waals surface area contributed by atoms with E-state index in [-0.39, 0.29) is 95.5 Å². The lowest BCUT2D eigenvalue weighted by molar-refractivity contribution is -0.123. The number of nitrogens with zero attached hydrogens (tertiary/aromatic N) is 6. The number of likely N-dealkylation sites (N-methyl/N-ethyl adjacent to an activating group) is 5. The smallest absolute Gasteiger partial charge is 0.350 e. The van der Waals surface area contributed by atoms with Crippen LogP contribution in [0, 0.1) is 69.2 Å². The molecule has 830 valence electrons. The minimum Gasteiger partial charge on any atom is -0.465 e. The standard InChI is InChI=1S/C18H28N2O.C17H28N2O.C15H24N2O2.C15H22N2O.C14H22N2O.C13H20N2O3S.C13H20N2O2.C13H20N2O.ClH.H2O/c1-4-5-12-20-13-7-6-11-16(20)18(21)19-17-14(2)9-8-10-15(17)3;1-6-12-19(8-3)15(7-2)17(20)18-16-13(4)10-9-11-14(16)5;1-4-5-10-16-14-8-6-13(7-9-14)15(18)19-12-11-17(2)3;1-11-7-6-8-12(2)14(11)16-15(18)13-9-4-5-10-17(13)3;1-5-16(6-2)10-13(17)15-14-11(3)8-7-9-12(14)4;1-5-6-14-9(3)12(16)15-10-8(2)7-19-11(10)13(17)18-4;1-3-15(4-2)9-10-17-13(16)11-5-7-12(14)8-6-11;1-4-9-14-11(3)13(16)15-12-8-6-5-7-10(12)2;;/h8-10,16H,4-7,11-13H2,1-3H3,(H,19,21);9-11,15H,6-8,12H2,1-5H3,(H,18,20);6-9,16H,4-5,10-12H2,1-3H3;6-8,13H,4-5,9-10H2,1-3H3,(H,16,18);7-9H,5-6,10H2,1-4H3,(H,15,17);7,9,14H,5-6H2,1-4H3,(H,15,16);5-8H,3-4,9-10,14H2,1-2H3;5-8,11,14H,4,9H2,1-3H3,(H,15,16);1H;1H2. The van der Waals surface area contributed by atoms with Gasteiger partial charge in [-0.05, 0) is 356 Å². The van der Waals surface area contributed by atoms with Gasteiger partial charge in [0.2, 0.25) is 35.4 Å². The molecule has 3 heterocycles. The number of rotatable bonds is 44. The van der Waals surface area contributed by atoms with Gasteiger partial charge in [0, 0.05) is 59.4 Å².